The molecule has 2 aliphatic rings. The topological polar surface area (TPSA) is 46.4 Å². The summed E-state index contributed by atoms with van der Waals surface area (Å²) in [7, 11) is 0. The van der Waals surface area contributed by atoms with Crippen molar-refractivity contribution < 1.29 is 4.92 Å². The molecule has 1 aliphatic carbocycles. The van der Waals surface area contributed by atoms with Crippen LogP contribution in [0.3, 0.4) is 0 Å². The summed E-state index contributed by atoms with van der Waals surface area (Å²) in [5.74, 6) is 1.75. The molecule has 0 radical (unpaired) electrons. The van der Waals surface area contributed by atoms with E-state index in [4.69, 9.17) is 0 Å². The van der Waals surface area contributed by atoms with Gasteiger partial charge in [-0.1, -0.05) is 19.3 Å². The fourth-order valence-electron chi connectivity index (χ4n) is 3.62. The number of anilines is 1. The predicted octanol–water partition coefficient (Wildman–Crippen LogP) is 3.61. The average molecular weight is 260 g/mol. The van der Waals surface area contributed by atoms with Gasteiger partial charge < -0.3 is 4.90 Å². The molecule has 3 rings (SSSR count). The van der Waals surface area contributed by atoms with Crippen molar-refractivity contribution in [1.29, 1.82) is 0 Å². The maximum atomic E-state index is 10.7. The lowest BCUT2D eigenvalue weighted by atomic mass is 9.75. The Morgan fingerprint density at radius 2 is 1.74 bits per heavy atom. The van der Waals surface area contributed by atoms with Crippen LogP contribution in [0.25, 0.3) is 0 Å². The number of hydrogen-bond donors (Lipinski definition) is 0. The van der Waals surface area contributed by atoms with Crippen molar-refractivity contribution in [2.24, 2.45) is 11.8 Å². The SMILES string of the molecule is O=[N+]([O-])c1ccc(N2CC[C@H]3CCCC[C@H]3C2)cc1. The fraction of sp³-hybridized carbons (Fsp3) is 0.600. The second-order valence-electron chi connectivity index (χ2n) is 5.81. The standard InChI is InChI=1S/C15H20N2O2/c18-17(19)15-7-5-14(6-8-15)16-10-9-12-3-1-2-4-13(12)11-16/h5-8,12-13H,1-4,9-11H2/t12-,13+/m1/s1. The third-order valence-electron chi connectivity index (χ3n) is 4.72. The van der Waals surface area contributed by atoms with E-state index in [-0.39, 0.29) is 10.6 Å². The highest BCUT2D eigenvalue weighted by Crippen LogP contribution is 2.37. The van der Waals surface area contributed by atoms with E-state index in [0.717, 1.165) is 30.6 Å². The van der Waals surface area contributed by atoms with Crippen LogP contribution in [0.1, 0.15) is 32.1 Å². The van der Waals surface area contributed by atoms with Gasteiger partial charge in [0.25, 0.3) is 5.69 Å². The van der Waals surface area contributed by atoms with E-state index in [1.165, 1.54) is 32.1 Å². The summed E-state index contributed by atoms with van der Waals surface area (Å²) in [6.45, 7) is 2.22. The fourth-order valence-corrected chi connectivity index (χ4v) is 3.62. The van der Waals surface area contributed by atoms with Crippen LogP contribution in [0, 0.1) is 22.0 Å². The van der Waals surface area contributed by atoms with Crippen molar-refractivity contribution in [1.82, 2.24) is 0 Å². The number of nitro benzene ring substituents is 1. The molecule has 0 unspecified atom stereocenters. The quantitative estimate of drug-likeness (QED) is 0.602. The largest absolute Gasteiger partial charge is 0.371 e. The second-order valence-corrected chi connectivity index (χ2v) is 5.81. The van der Waals surface area contributed by atoms with Crippen LogP contribution in [-0.4, -0.2) is 18.0 Å². The lowest BCUT2D eigenvalue weighted by Gasteiger charge is -2.42. The molecule has 1 aliphatic heterocycles. The van der Waals surface area contributed by atoms with E-state index in [9.17, 15) is 10.1 Å². The lowest BCUT2D eigenvalue weighted by molar-refractivity contribution is -0.384. The zero-order valence-corrected chi connectivity index (χ0v) is 11.1. The summed E-state index contributed by atoms with van der Waals surface area (Å²) >= 11 is 0. The minimum absolute atomic E-state index is 0.177. The van der Waals surface area contributed by atoms with E-state index in [2.05, 4.69) is 4.90 Å². The average Bonchev–Trinajstić information content (AvgIpc) is 2.47. The number of hydrogen-bond acceptors (Lipinski definition) is 3. The first-order chi connectivity index (χ1) is 9.24. The Morgan fingerprint density at radius 3 is 2.42 bits per heavy atom. The second kappa shape index (κ2) is 5.19. The van der Waals surface area contributed by atoms with Gasteiger partial charge in [0.05, 0.1) is 4.92 Å². The third-order valence-corrected chi connectivity index (χ3v) is 4.72. The van der Waals surface area contributed by atoms with Crippen LogP contribution in [0.15, 0.2) is 24.3 Å². The van der Waals surface area contributed by atoms with Gasteiger partial charge in [0.2, 0.25) is 0 Å². The molecule has 0 spiro atoms. The van der Waals surface area contributed by atoms with Crippen molar-refractivity contribution in [3.8, 4) is 0 Å². The number of non-ortho nitro benzene ring substituents is 1. The highest BCUT2D eigenvalue weighted by atomic mass is 16.6. The first kappa shape index (κ1) is 12.5. The highest BCUT2D eigenvalue weighted by molar-refractivity contribution is 5.51. The monoisotopic (exact) mass is 260 g/mol. The van der Waals surface area contributed by atoms with Crippen molar-refractivity contribution in [3.05, 3.63) is 34.4 Å². The molecule has 4 nitrogen and oxygen atoms in total. The zero-order valence-electron chi connectivity index (χ0n) is 11.1. The van der Waals surface area contributed by atoms with E-state index in [0.29, 0.717) is 0 Å². The van der Waals surface area contributed by atoms with Gasteiger partial charge in [0.15, 0.2) is 0 Å². The first-order valence-electron chi connectivity index (χ1n) is 7.23. The number of benzene rings is 1. The highest BCUT2D eigenvalue weighted by Gasteiger charge is 2.31. The molecule has 0 bridgehead atoms. The van der Waals surface area contributed by atoms with E-state index < -0.39 is 0 Å². The van der Waals surface area contributed by atoms with E-state index in [1.807, 2.05) is 12.1 Å². The Balaban J connectivity index is 1.70. The molecule has 19 heavy (non-hydrogen) atoms. The van der Waals surface area contributed by atoms with Crippen LogP contribution >= 0.6 is 0 Å². The summed E-state index contributed by atoms with van der Waals surface area (Å²) in [5.41, 5.74) is 1.31. The molecule has 2 atom stereocenters. The summed E-state index contributed by atoms with van der Waals surface area (Å²) in [6, 6.07) is 7.01. The molecule has 1 aromatic rings. The minimum Gasteiger partial charge on any atom is -0.371 e. The zero-order chi connectivity index (χ0) is 13.2. The van der Waals surface area contributed by atoms with Gasteiger partial charge in [0.1, 0.15) is 0 Å². The Labute approximate surface area is 113 Å². The predicted molar refractivity (Wildman–Crippen MR) is 75.4 cm³/mol. The normalized spacial score (nSPS) is 26.8. The summed E-state index contributed by atoms with van der Waals surface area (Å²) < 4.78 is 0. The van der Waals surface area contributed by atoms with Gasteiger partial charge in [-0.25, -0.2) is 0 Å². The van der Waals surface area contributed by atoms with E-state index in [1.54, 1.807) is 12.1 Å². The number of piperidine rings is 1. The Hall–Kier alpha value is -1.58. The smallest absolute Gasteiger partial charge is 0.269 e. The van der Waals surface area contributed by atoms with Crippen molar-refractivity contribution in [2.75, 3.05) is 18.0 Å². The van der Waals surface area contributed by atoms with Crippen LogP contribution in [-0.2, 0) is 0 Å². The molecule has 102 valence electrons. The lowest BCUT2D eigenvalue weighted by Crippen LogP contribution is -2.41. The molecular weight excluding hydrogens is 240 g/mol. The Morgan fingerprint density at radius 1 is 1.05 bits per heavy atom. The van der Waals surface area contributed by atoms with Gasteiger partial charge in [-0.2, -0.15) is 0 Å². The molecule has 4 heteroatoms. The number of nitro groups is 1. The van der Waals surface area contributed by atoms with Gasteiger partial charge in [-0.3, -0.25) is 10.1 Å². The number of fused-ring (bicyclic) bond motifs is 1. The first-order valence-corrected chi connectivity index (χ1v) is 7.23. The van der Waals surface area contributed by atoms with Crippen LogP contribution < -0.4 is 4.90 Å². The van der Waals surface area contributed by atoms with Crippen LogP contribution in [0.4, 0.5) is 11.4 Å². The van der Waals surface area contributed by atoms with Crippen molar-refractivity contribution in [2.45, 2.75) is 32.1 Å². The Bertz CT molecular complexity index is 458. The summed E-state index contributed by atoms with van der Waals surface area (Å²) in [6.07, 6.45) is 6.81. The van der Waals surface area contributed by atoms with Crippen molar-refractivity contribution in [3.63, 3.8) is 0 Å². The summed E-state index contributed by atoms with van der Waals surface area (Å²) in [4.78, 5) is 12.7. The minimum atomic E-state index is -0.336. The van der Waals surface area contributed by atoms with Crippen LogP contribution in [0.5, 0.6) is 0 Å². The number of nitrogens with zero attached hydrogens (tertiary/aromatic N) is 2. The molecule has 1 saturated heterocycles. The molecular formula is C15H20N2O2. The van der Waals surface area contributed by atoms with Crippen LogP contribution in [0.2, 0.25) is 0 Å². The third kappa shape index (κ3) is 2.57. The summed E-state index contributed by atoms with van der Waals surface area (Å²) in [5, 5.41) is 10.7. The molecule has 1 saturated carbocycles. The van der Waals surface area contributed by atoms with Gasteiger partial charge >= 0.3 is 0 Å². The molecule has 1 aromatic carbocycles. The molecule has 2 fully saturated rings. The molecule has 0 N–H and O–H groups in total. The van der Waals surface area contributed by atoms with Gasteiger partial charge in [-0.15, -0.1) is 0 Å². The van der Waals surface area contributed by atoms with E-state index >= 15 is 0 Å². The van der Waals surface area contributed by atoms with Crippen molar-refractivity contribution >= 4 is 11.4 Å². The van der Waals surface area contributed by atoms with Gasteiger partial charge in [0, 0.05) is 30.9 Å². The molecule has 0 amide bonds. The molecule has 1 heterocycles. The Kier molecular flexibility index (Phi) is 3.40. The molecule has 0 aromatic heterocycles. The number of rotatable bonds is 2. The maximum absolute atomic E-state index is 10.7. The maximum Gasteiger partial charge on any atom is 0.269 e. The van der Waals surface area contributed by atoms with Gasteiger partial charge in [-0.05, 0) is 36.8 Å².